The Bertz CT molecular complexity index is 454. The maximum Gasteiger partial charge on any atom is 0.171 e. The van der Waals surface area contributed by atoms with E-state index in [1.54, 1.807) is 4.90 Å². The number of morpholine rings is 1. The Labute approximate surface area is 111 Å². The molecule has 2 heterocycles. The van der Waals surface area contributed by atoms with Crippen LogP contribution < -0.4 is 4.90 Å². The third-order valence-electron chi connectivity index (χ3n) is 3.11. The fourth-order valence-electron chi connectivity index (χ4n) is 2.37. The minimum atomic E-state index is -0.514. The molecule has 1 atom stereocenters. The molecule has 19 heavy (non-hydrogen) atoms. The summed E-state index contributed by atoms with van der Waals surface area (Å²) in [5.41, 5.74) is -0.274. The Morgan fingerprint density at radius 1 is 1.53 bits per heavy atom. The van der Waals surface area contributed by atoms with Crippen LogP contribution in [0.15, 0.2) is 12.3 Å². The Kier molecular flexibility index (Phi) is 4.03. The van der Waals surface area contributed by atoms with Crippen molar-refractivity contribution in [2.75, 3.05) is 24.6 Å². The van der Waals surface area contributed by atoms with Gasteiger partial charge < -0.3 is 19.8 Å². The van der Waals surface area contributed by atoms with E-state index in [-0.39, 0.29) is 30.7 Å². The van der Waals surface area contributed by atoms with E-state index in [1.807, 2.05) is 13.8 Å². The molecule has 1 aromatic rings. The highest BCUT2D eigenvalue weighted by molar-refractivity contribution is 5.44. The summed E-state index contributed by atoms with van der Waals surface area (Å²) in [4.78, 5) is 5.80. The number of nitrogens with zero attached hydrogens (tertiary/aromatic N) is 2. The van der Waals surface area contributed by atoms with E-state index in [0.29, 0.717) is 13.1 Å². The number of halogens is 1. The minimum Gasteiger partial charge on any atom is -0.394 e. The van der Waals surface area contributed by atoms with Crippen LogP contribution in [0, 0.1) is 5.82 Å². The van der Waals surface area contributed by atoms with Gasteiger partial charge in [-0.3, -0.25) is 0 Å². The molecule has 1 aromatic heterocycles. The Hall–Kier alpha value is -1.24. The normalized spacial score (nSPS) is 22.6. The van der Waals surface area contributed by atoms with Crippen molar-refractivity contribution in [3.63, 3.8) is 0 Å². The number of aromatic nitrogens is 1. The van der Waals surface area contributed by atoms with Crippen LogP contribution in [0.5, 0.6) is 0 Å². The zero-order valence-electron chi connectivity index (χ0n) is 11.1. The zero-order valence-corrected chi connectivity index (χ0v) is 11.1. The van der Waals surface area contributed by atoms with Crippen molar-refractivity contribution in [3.05, 3.63) is 23.6 Å². The first-order valence-electron chi connectivity index (χ1n) is 6.24. The monoisotopic (exact) mass is 270 g/mol. The number of anilines is 1. The third kappa shape index (κ3) is 3.02. The van der Waals surface area contributed by atoms with Crippen LogP contribution in [-0.2, 0) is 11.3 Å². The predicted molar refractivity (Wildman–Crippen MR) is 68.4 cm³/mol. The molecular weight excluding hydrogens is 251 g/mol. The molecule has 0 aliphatic carbocycles. The fourth-order valence-corrected chi connectivity index (χ4v) is 2.37. The van der Waals surface area contributed by atoms with E-state index in [0.717, 1.165) is 0 Å². The smallest absolute Gasteiger partial charge is 0.171 e. The molecule has 2 rings (SSSR count). The van der Waals surface area contributed by atoms with Crippen molar-refractivity contribution >= 4 is 5.82 Å². The first-order valence-corrected chi connectivity index (χ1v) is 6.24. The maximum atomic E-state index is 14.2. The van der Waals surface area contributed by atoms with Crippen LogP contribution in [0.1, 0.15) is 19.4 Å². The van der Waals surface area contributed by atoms with Crippen LogP contribution in [0.4, 0.5) is 10.2 Å². The molecule has 0 saturated carbocycles. The molecule has 2 N–H and O–H groups in total. The van der Waals surface area contributed by atoms with E-state index >= 15 is 0 Å². The Balaban J connectivity index is 2.30. The van der Waals surface area contributed by atoms with Gasteiger partial charge in [0.05, 0.1) is 24.9 Å². The van der Waals surface area contributed by atoms with Crippen LogP contribution >= 0.6 is 0 Å². The average Bonchev–Trinajstić information content (AvgIpc) is 2.37. The molecule has 1 aliphatic heterocycles. The second kappa shape index (κ2) is 5.40. The topological polar surface area (TPSA) is 65.8 Å². The van der Waals surface area contributed by atoms with Gasteiger partial charge in [-0.25, -0.2) is 9.37 Å². The summed E-state index contributed by atoms with van der Waals surface area (Å²) in [6, 6.07) is 1.45. The Morgan fingerprint density at radius 2 is 2.26 bits per heavy atom. The third-order valence-corrected chi connectivity index (χ3v) is 3.11. The van der Waals surface area contributed by atoms with Crippen molar-refractivity contribution in [3.8, 4) is 0 Å². The first kappa shape index (κ1) is 14.2. The van der Waals surface area contributed by atoms with E-state index in [2.05, 4.69) is 4.98 Å². The molecule has 0 bridgehead atoms. The lowest BCUT2D eigenvalue weighted by Crippen LogP contribution is -2.54. The second-order valence-corrected chi connectivity index (χ2v) is 5.33. The van der Waals surface area contributed by atoms with Gasteiger partial charge in [0.25, 0.3) is 0 Å². The van der Waals surface area contributed by atoms with E-state index in [4.69, 9.17) is 9.84 Å². The van der Waals surface area contributed by atoms with Gasteiger partial charge in [-0.2, -0.15) is 0 Å². The van der Waals surface area contributed by atoms with Crippen molar-refractivity contribution in [1.29, 1.82) is 0 Å². The molecule has 5 nitrogen and oxygen atoms in total. The van der Waals surface area contributed by atoms with E-state index in [1.165, 1.54) is 12.3 Å². The largest absolute Gasteiger partial charge is 0.394 e. The van der Waals surface area contributed by atoms with Gasteiger partial charge in [-0.1, -0.05) is 0 Å². The zero-order chi connectivity index (χ0) is 14.0. The van der Waals surface area contributed by atoms with Crippen molar-refractivity contribution in [2.45, 2.75) is 32.2 Å². The predicted octanol–water partition coefficient (Wildman–Crippen LogP) is 0.689. The van der Waals surface area contributed by atoms with Gasteiger partial charge >= 0.3 is 0 Å². The lowest BCUT2D eigenvalue weighted by molar-refractivity contribution is -0.101. The van der Waals surface area contributed by atoms with Crippen molar-refractivity contribution in [2.24, 2.45) is 0 Å². The summed E-state index contributed by atoms with van der Waals surface area (Å²) in [6.07, 6.45) is 1.10. The van der Waals surface area contributed by atoms with E-state index in [9.17, 15) is 9.50 Å². The van der Waals surface area contributed by atoms with Gasteiger partial charge in [-0.05, 0) is 19.9 Å². The second-order valence-electron chi connectivity index (χ2n) is 5.33. The highest BCUT2D eigenvalue weighted by Gasteiger charge is 2.34. The van der Waals surface area contributed by atoms with Gasteiger partial charge in [0.15, 0.2) is 11.6 Å². The Morgan fingerprint density at radius 3 is 2.89 bits per heavy atom. The van der Waals surface area contributed by atoms with Crippen molar-refractivity contribution < 1.29 is 19.3 Å². The molecule has 0 aromatic carbocycles. The number of rotatable bonds is 3. The van der Waals surface area contributed by atoms with Crippen LogP contribution in [0.2, 0.25) is 0 Å². The molecule has 1 fully saturated rings. The van der Waals surface area contributed by atoms with Crippen LogP contribution in [-0.4, -0.2) is 46.6 Å². The van der Waals surface area contributed by atoms with Crippen molar-refractivity contribution in [1.82, 2.24) is 4.98 Å². The summed E-state index contributed by atoms with van der Waals surface area (Å²) < 4.78 is 19.9. The molecule has 1 aliphatic rings. The van der Waals surface area contributed by atoms with E-state index < -0.39 is 11.4 Å². The van der Waals surface area contributed by atoms with Crippen LogP contribution in [0.3, 0.4) is 0 Å². The number of aliphatic hydroxyl groups is 2. The summed E-state index contributed by atoms with van der Waals surface area (Å²) in [7, 11) is 0. The molecule has 6 heteroatoms. The molecule has 106 valence electrons. The number of aliphatic hydroxyl groups excluding tert-OH is 2. The number of hydrogen-bond acceptors (Lipinski definition) is 5. The van der Waals surface area contributed by atoms with Gasteiger partial charge in [0, 0.05) is 24.8 Å². The molecule has 0 amide bonds. The average molecular weight is 270 g/mol. The fraction of sp³-hybridized carbons (Fsp3) is 0.615. The quantitative estimate of drug-likeness (QED) is 0.846. The summed E-state index contributed by atoms with van der Waals surface area (Å²) in [5, 5.41) is 18.3. The van der Waals surface area contributed by atoms with Gasteiger partial charge in [0.2, 0.25) is 0 Å². The molecule has 1 saturated heterocycles. The summed E-state index contributed by atoms with van der Waals surface area (Å²) in [5.74, 6) is -0.319. The highest BCUT2D eigenvalue weighted by Crippen LogP contribution is 2.27. The molecule has 0 radical (unpaired) electrons. The number of hydrogen-bond donors (Lipinski definition) is 2. The van der Waals surface area contributed by atoms with Gasteiger partial charge in [0.1, 0.15) is 0 Å². The molecule has 1 unspecified atom stereocenters. The maximum absolute atomic E-state index is 14.2. The standard InChI is InChI=1S/C13H19FN2O3/c1-13(2)8-16(5-10(7-18)19-13)12-11(14)9(6-17)3-4-15-12/h3-4,10,17-18H,5-8H2,1-2H3. The summed E-state index contributed by atoms with van der Waals surface area (Å²) in [6.45, 7) is 4.13. The lowest BCUT2D eigenvalue weighted by atomic mass is 10.0. The van der Waals surface area contributed by atoms with Crippen LogP contribution in [0.25, 0.3) is 0 Å². The van der Waals surface area contributed by atoms with Gasteiger partial charge in [-0.15, -0.1) is 0 Å². The minimum absolute atomic E-state index is 0.124. The number of pyridine rings is 1. The molecular formula is C13H19FN2O3. The highest BCUT2D eigenvalue weighted by atomic mass is 19.1. The summed E-state index contributed by atoms with van der Waals surface area (Å²) >= 11 is 0. The lowest BCUT2D eigenvalue weighted by Gasteiger charge is -2.42. The number of ether oxygens (including phenoxy) is 1. The SMILES string of the molecule is CC1(C)CN(c2nccc(CO)c2F)CC(CO)O1. The first-order chi connectivity index (χ1) is 8.96. The molecule has 0 spiro atoms.